The van der Waals surface area contributed by atoms with Gasteiger partial charge in [0.05, 0.1) is 11.6 Å². The molecule has 2 aliphatic heterocycles. The first-order valence-electron chi connectivity index (χ1n) is 13.6. The molecular formula is C28H41FN4O4. The van der Waals surface area contributed by atoms with E-state index in [-0.39, 0.29) is 36.2 Å². The second kappa shape index (κ2) is 11.4. The van der Waals surface area contributed by atoms with Gasteiger partial charge < -0.3 is 15.0 Å². The Morgan fingerprint density at radius 3 is 2.49 bits per heavy atom. The van der Waals surface area contributed by atoms with E-state index >= 15 is 4.39 Å². The van der Waals surface area contributed by atoms with Crippen LogP contribution in [0, 0.1) is 11.7 Å². The van der Waals surface area contributed by atoms with Crippen LogP contribution in [-0.4, -0.2) is 66.7 Å². The summed E-state index contributed by atoms with van der Waals surface area (Å²) in [6.45, 7) is 11.2. The summed E-state index contributed by atoms with van der Waals surface area (Å²) in [6.07, 6.45) is 4.43. The third kappa shape index (κ3) is 7.21. The Hall–Kier alpha value is -2.68. The number of hydrogen-bond acceptors (Lipinski definition) is 6. The minimum Gasteiger partial charge on any atom is -0.444 e. The van der Waals surface area contributed by atoms with Crippen LogP contribution in [0.15, 0.2) is 18.2 Å². The smallest absolute Gasteiger partial charge is 0.407 e. The number of piperidine rings is 1. The highest BCUT2D eigenvalue weighted by atomic mass is 19.1. The van der Waals surface area contributed by atoms with E-state index < -0.39 is 11.5 Å². The molecule has 1 saturated carbocycles. The Kier molecular flexibility index (Phi) is 8.41. The van der Waals surface area contributed by atoms with Crippen molar-refractivity contribution in [3.05, 3.63) is 29.6 Å². The summed E-state index contributed by atoms with van der Waals surface area (Å²) in [7, 11) is 0. The van der Waals surface area contributed by atoms with Crippen LogP contribution in [0.3, 0.4) is 0 Å². The number of rotatable bonds is 5. The summed E-state index contributed by atoms with van der Waals surface area (Å²) in [6, 6.07) is 5.51. The van der Waals surface area contributed by atoms with Gasteiger partial charge in [0.1, 0.15) is 11.4 Å². The SMILES string of the molecule is C[C@H]1CN(c2ccc(C3CCC(=O)NC3=O)cc2F)CCN1CC1CCC(NC(=O)OC(C)(C)C)CC1. The highest BCUT2D eigenvalue weighted by Gasteiger charge is 2.32. The van der Waals surface area contributed by atoms with Crippen molar-refractivity contribution in [2.45, 2.75) is 89.8 Å². The zero-order valence-corrected chi connectivity index (χ0v) is 22.5. The number of imide groups is 1. The largest absolute Gasteiger partial charge is 0.444 e. The number of nitrogens with one attached hydrogen (secondary N) is 2. The number of anilines is 1. The van der Waals surface area contributed by atoms with Crippen molar-refractivity contribution in [3.8, 4) is 0 Å². The molecule has 3 fully saturated rings. The molecule has 204 valence electrons. The Balaban J connectivity index is 1.25. The Morgan fingerprint density at radius 2 is 1.86 bits per heavy atom. The van der Waals surface area contributed by atoms with Crippen LogP contribution in [0.25, 0.3) is 0 Å². The molecule has 37 heavy (non-hydrogen) atoms. The minimum absolute atomic E-state index is 0.173. The van der Waals surface area contributed by atoms with E-state index in [1.165, 1.54) is 6.07 Å². The first kappa shape index (κ1) is 27.4. The number of alkyl carbamates (subject to hydrolysis) is 1. The molecule has 2 heterocycles. The molecule has 0 radical (unpaired) electrons. The summed E-state index contributed by atoms with van der Waals surface area (Å²) < 4.78 is 20.5. The molecule has 1 unspecified atom stereocenters. The first-order chi connectivity index (χ1) is 17.5. The Labute approximate surface area is 219 Å². The van der Waals surface area contributed by atoms with Crippen LogP contribution in [-0.2, 0) is 14.3 Å². The quantitative estimate of drug-likeness (QED) is 0.576. The van der Waals surface area contributed by atoms with Crippen LogP contribution in [0.4, 0.5) is 14.9 Å². The fourth-order valence-corrected chi connectivity index (χ4v) is 5.79. The molecule has 1 aromatic rings. The van der Waals surface area contributed by atoms with Crippen molar-refractivity contribution in [1.29, 1.82) is 0 Å². The third-order valence-corrected chi connectivity index (χ3v) is 7.78. The number of hydrogen-bond donors (Lipinski definition) is 2. The van der Waals surface area contributed by atoms with Crippen molar-refractivity contribution in [2.24, 2.45) is 5.92 Å². The summed E-state index contributed by atoms with van der Waals surface area (Å²) in [4.78, 5) is 40.2. The normalized spacial score (nSPS) is 27.5. The van der Waals surface area contributed by atoms with Crippen LogP contribution in [0.2, 0.25) is 0 Å². The molecule has 2 atom stereocenters. The van der Waals surface area contributed by atoms with Gasteiger partial charge in [0, 0.05) is 44.7 Å². The van der Waals surface area contributed by atoms with E-state index in [1.54, 1.807) is 6.07 Å². The number of carbonyl (C=O) groups excluding carboxylic acids is 3. The molecule has 2 N–H and O–H groups in total. The molecule has 8 nitrogen and oxygen atoms in total. The summed E-state index contributed by atoms with van der Waals surface area (Å²) in [5.74, 6) is -0.823. The van der Waals surface area contributed by atoms with Gasteiger partial charge in [0.25, 0.3) is 0 Å². The van der Waals surface area contributed by atoms with Crippen molar-refractivity contribution in [3.63, 3.8) is 0 Å². The maximum absolute atomic E-state index is 15.1. The lowest BCUT2D eigenvalue weighted by atomic mass is 9.85. The molecule has 1 aromatic carbocycles. The summed E-state index contributed by atoms with van der Waals surface area (Å²) >= 11 is 0. The summed E-state index contributed by atoms with van der Waals surface area (Å²) in [5, 5.41) is 5.36. The van der Waals surface area contributed by atoms with E-state index in [0.29, 0.717) is 29.6 Å². The predicted octanol–water partition coefficient (Wildman–Crippen LogP) is 3.94. The second-order valence-electron chi connectivity index (χ2n) is 11.9. The zero-order chi connectivity index (χ0) is 26.7. The number of nitrogens with zero attached hydrogens (tertiary/aromatic N) is 2. The minimum atomic E-state index is -0.488. The van der Waals surface area contributed by atoms with Gasteiger partial charge in [-0.3, -0.25) is 19.8 Å². The van der Waals surface area contributed by atoms with Gasteiger partial charge in [-0.15, -0.1) is 0 Å². The van der Waals surface area contributed by atoms with Crippen molar-refractivity contribution < 1.29 is 23.5 Å². The molecule has 1 aliphatic carbocycles. The molecular weight excluding hydrogens is 475 g/mol. The molecule has 9 heteroatoms. The summed E-state index contributed by atoms with van der Waals surface area (Å²) in [5.41, 5.74) is 0.698. The number of amides is 3. The van der Waals surface area contributed by atoms with Crippen LogP contribution in [0.5, 0.6) is 0 Å². The highest BCUT2D eigenvalue weighted by Crippen LogP contribution is 2.31. The van der Waals surface area contributed by atoms with E-state index in [2.05, 4.69) is 27.4 Å². The van der Waals surface area contributed by atoms with Gasteiger partial charge in [-0.05, 0) is 83.4 Å². The Morgan fingerprint density at radius 1 is 1.14 bits per heavy atom. The molecule has 3 aliphatic rings. The van der Waals surface area contributed by atoms with E-state index in [9.17, 15) is 14.4 Å². The standard InChI is InChI=1S/C28H41FN4O4/c1-18-16-33(24-11-7-20(15-23(24)29)22-10-12-25(34)31-26(22)35)14-13-32(18)17-19-5-8-21(9-6-19)30-27(36)37-28(2,3)4/h7,11,15,18-19,21-22H,5-6,8-10,12-14,16-17H2,1-4H3,(H,30,36)(H,31,34,35)/t18-,19?,21?,22?/m0/s1. The van der Waals surface area contributed by atoms with Crippen molar-refractivity contribution >= 4 is 23.6 Å². The topological polar surface area (TPSA) is 91.0 Å². The van der Waals surface area contributed by atoms with Gasteiger partial charge in [0.2, 0.25) is 11.8 Å². The lowest BCUT2D eigenvalue weighted by Gasteiger charge is -2.43. The van der Waals surface area contributed by atoms with E-state index in [1.807, 2.05) is 26.8 Å². The highest BCUT2D eigenvalue weighted by molar-refractivity contribution is 6.00. The fourth-order valence-electron chi connectivity index (χ4n) is 5.79. The second-order valence-corrected chi connectivity index (χ2v) is 11.9. The molecule has 0 bridgehead atoms. The Bertz CT molecular complexity index is 1000. The first-order valence-corrected chi connectivity index (χ1v) is 13.6. The number of piperazine rings is 1. The van der Waals surface area contributed by atoms with Crippen LogP contribution >= 0.6 is 0 Å². The van der Waals surface area contributed by atoms with Crippen LogP contribution < -0.4 is 15.5 Å². The van der Waals surface area contributed by atoms with Crippen molar-refractivity contribution in [2.75, 3.05) is 31.1 Å². The maximum atomic E-state index is 15.1. The number of halogens is 1. The van der Waals surface area contributed by atoms with E-state index in [4.69, 9.17) is 4.74 Å². The number of ether oxygens (including phenoxy) is 1. The number of benzene rings is 1. The van der Waals surface area contributed by atoms with E-state index in [0.717, 1.165) is 51.9 Å². The van der Waals surface area contributed by atoms with Crippen LogP contribution in [0.1, 0.15) is 77.7 Å². The molecule has 3 amide bonds. The molecule has 4 rings (SSSR count). The number of carbonyl (C=O) groups is 3. The van der Waals surface area contributed by atoms with Gasteiger partial charge >= 0.3 is 6.09 Å². The molecule has 0 spiro atoms. The average molecular weight is 517 g/mol. The van der Waals surface area contributed by atoms with Crippen molar-refractivity contribution in [1.82, 2.24) is 15.5 Å². The van der Waals surface area contributed by atoms with Gasteiger partial charge in [-0.2, -0.15) is 0 Å². The zero-order valence-electron chi connectivity index (χ0n) is 22.5. The average Bonchev–Trinajstić information content (AvgIpc) is 2.80. The third-order valence-electron chi connectivity index (χ3n) is 7.78. The maximum Gasteiger partial charge on any atom is 0.407 e. The monoisotopic (exact) mass is 516 g/mol. The molecule has 2 saturated heterocycles. The lowest BCUT2D eigenvalue weighted by molar-refractivity contribution is -0.134. The van der Waals surface area contributed by atoms with Gasteiger partial charge in [-0.25, -0.2) is 9.18 Å². The molecule has 0 aromatic heterocycles. The van der Waals surface area contributed by atoms with Gasteiger partial charge in [0.15, 0.2) is 0 Å². The predicted molar refractivity (Wildman–Crippen MR) is 140 cm³/mol. The van der Waals surface area contributed by atoms with Gasteiger partial charge in [-0.1, -0.05) is 6.07 Å². The lowest BCUT2D eigenvalue weighted by Crippen LogP contribution is -2.53. The fraction of sp³-hybridized carbons (Fsp3) is 0.679.